The number of rotatable bonds is 3. The Morgan fingerprint density at radius 3 is 2.86 bits per heavy atom. The van der Waals surface area contributed by atoms with Gasteiger partial charge in [0.05, 0.1) is 10.5 Å². The number of nitro benzene ring substituents is 1. The van der Waals surface area contributed by atoms with E-state index in [0.29, 0.717) is 12.1 Å². The van der Waals surface area contributed by atoms with E-state index in [1.54, 1.807) is 24.3 Å². The molecule has 0 aromatic heterocycles. The fraction of sp³-hybridized carbons (Fsp3) is 0.200. The van der Waals surface area contributed by atoms with Crippen LogP contribution in [0.4, 0.5) is 5.69 Å². The highest BCUT2D eigenvalue weighted by Crippen LogP contribution is 2.21. The molecule has 2 N–H and O–H groups in total. The zero-order valence-corrected chi connectivity index (χ0v) is 7.93. The van der Waals surface area contributed by atoms with Gasteiger partial charge in [-0.2, -0.15) is 0 Å². The van der Waals surface area contributed by atoms with E-state index in [4.69, 9.17) is 5.73 Å². The van der Waals surface area contributed by atoms with Gasteiger partial charge >= 0.3 is 0 Å². The third kappa shape index (κ3) is 2.40. The average molecular weight is 192 g/mol. The van der Waals surface area contributed by atoms with Crippen molar-refractivity contribution in [3.63, 3.8) is 0 Å². The van der Waals surface area contributed by atoms with Crippen LogP contribution in [-0.4, -0.2) is 11.5 Å². The van der Waals surface area contributed by atoms with E-state index in [-0.39, 0.29) is 10.6 Å². The van der Waals surface area contributed by atoms with Gasteiger partial charge in [-0.25, -0.2) is 0 Å². The molecule has 0 atom stereocenters. The summed E-state index contributed by atoms with van der Waals surface area (Å²) in [5.74, 6) is 0. The lowest BCUT2D eigenvalue weighted by molar-refractivity contribution is -0.385. The summed E-state index contributed by atoms with van der Waals surface area (Å²) in [6.45, 7) is 2.20. The molecule has 0 fully saturated rings. The first kappa shape index (κ1) is 10.4. The summed E-state index contributed by atoms with van der Waals surface area (Å²) in [5.41, 5.74) is 6.86. The Hall–Kier alpha value is -1.68. The molecule has 0 aliphatic heterocycles. The molecule has 0 heterocycles. The lowest BCUT2D eigenvalue weighted by atomic mass is 10.1. The van der Waals surface area contributed by atoms with E-state index in [2.05, 4.69) is 0 Å². The number of aryl methyl sites for hydroxylation is 1. The SMILES string of the molecule is Cc1ccc(C=CCN)c([N+](=O)[O-])c1. The molecular weight excluding hydrogens is 180 g/mol. The minimum Gasteiger partial charge on any atom is -0.327 e. The van der Waals surface area contributed by atoms with E-state index in [1.807, 2.05) is 13.0 Å². The summed E-state index contributed by atoms with van der Waals surface area (Å²) in [7, 11) is 0. The van der Waals surface area contributed by atoms with Crippen LogP contribution >= 0.6 is 0 Å². The van der Waals surface area contributed by atoms with Crippen molar-refractivity contribution < 1.29 is 4.92 Å². The number of hydrogen-bond donors (Lipinski definition) is 1. The quantitative estimate of drug-likeness (QED) is 0.587. The summed E-state index contributed by atoms with van der Waals surface area (Å²) < 4.78 is 0. The van der Waals surface area contributed by atoms with Gasteiger partial charge in [-0.1, -0.05) is 18.2 Å². The lowest BCUT2D eigenvalue weighted by Gasteiger charge is -1.98. The predicted molar refractivity (Wildman–Crippen MR) is 55.9 cm³/mol. The molecular formula is C10H12N2O2. The fourth-order valence-electron chi connectivity index (χ4n) is 1.15. The van der Waals surface area contributed by atoms with Gasteiger partial charge in [-0.15, -0.1) is 0 Å². The third-order valence-electron chi connectivity index (χ3n) is 1.82. The minimum atomic E-state index is -0.386. The van der Waals surface area contributed by atoms with E-state index < -0.39 is 0 Å². The maximum atomic E-state index is 10.7. The Bertz CT molecular complexity index is 372. The summed E-state index contributed by atoms with van der Waals surface area (Å²) in [6.07, 6.45) is 3.36. The van der Waals surface area contributed by atoms with Crippen molar-refractivity contribution in [2.24, 2.45) is 5.73 Å². The molecule has 0 aliphatic carbocycles. The Morgan fingerprint density at radius 2 is 2.29 bits per heavy atom. The van der Waals surface area contributed by atoms with E-state index in [0.717, 1.165) is 5.56 Å². The topological polar surface area (TPSA) is 69.2 Å². The fourth-order valence-corrected chi connectivity index (χ4v) is 1.15. The average Bonchev–Trinajstić information content (AvgIpc) is 2.15. The van der Waals surface area contributed by atoms with E-state index in [9.17, 15) is 10.1 Å². The minimum absolute atomic E-state index is 0.120. The maximum Gasteiger partial charge on any atom is 0.276 e. The van der Waals surface area contributed by atoms with Gasteiger partial charge in [0, 0.05) is 12.6 Å². The van der Waals surface area contributed by atoms with Crippen LogP contribution in [-0.2, 0) is 0 Å². The normalized spacial score (nSPS) is 10.7. The highest BCUT2D eigenvalue weighted by atomic mass is 16.6. The van der Waals surface area contributed by atoms with Crippen LogP contribution < -0.4 is 5.73 Å². The van der Waals surface area contributed by atoms with Gasteiger partial charge in [-0.3, -0.25) is 10.1 Å². The van der Waals surface area contributed by atoms with Crippen molar-refractivity contribution in [3.05, 3.63) is 45.5 Å². The monoisotopic (exact) mass is 192 g/mol. The molecule has 14 heavy (non-hydrogen) atoms. The molecule has 1 aromatic carbocycles. The Morgan fingerprint density at radius 1 is 1.57 bits per heavy atom. The third-order valence-corrected chi connectivity index (χ3v) is 1.82. The number of nitro groups is 1. The second-order valence-corrected chi connectivity index (χ2v) is 2.96. The highest BCUT2D eigenvalue weighted by molar-refractivity contribution is 5.61. The molecule has 0 saturated carbocycles. The Balaban J connectivity index is 3.15. The highest BCUT2D eigenvalue weighted by Gasteiger charge is 2.10. The van der Waals surface area contributed by atoms with Crippen LogP contribution in [0.25, 0.3) is 6.08 Å². The standard InChI is InChI=1S/C10H12N2O2/c1-8-4-5-9(3-2-6-11)10(7-8)12(13)14/h2-5,7H,6,11H2,1H3. The molecule has 0 saturated heterocycles. The number of hydrogen-bond acceptors (Lipinski definition) is 3. The molecule has 4 nitrogen and oxygen atoms in total. The van der Waals surface area contributed by atoms with Gasteiger partial charge in [0.15, 0.2) is 0 Å². The molecule has 0 aliphatic rings. The Kier molecular flexibility index (Phi) is 3.36. The van der Waals surface area contributed by atoms with Crippen LogP contribution in [0, 0.1) is 17.0 Å². The smallest absolute Gasteiger partial charge is 0.276 e. The molecule has 0 amide bonds. The van der Waals surface area contributed by atoms with Crippen molar-refractivity contribution in [1.82, 2.24) is 0 Å². The van der Waals surface area contributed by atoms with Gasteiger partial charge < -0.3 is 5.73 Å². The van der Waals surface area contributed by atoms with Crippen molar-refractivity contribution in [2.75, 3.05) is 6.54 Å². The molecule has 1 rings (SSSR count). The van der Waals surface area contributed by atoms with Crippen LogP contribution in [0.15, 0.2) is 24.3 Å². The van der Waals surface area contributed by atoms with Crippen LogP contribution in [0.3, 0.4) is 0 Å². The second kappa shape index (κ2) is 4.53. The number of benzene rings is 1. The first-order valence-corrected chi connectivity index (χ1v) is 4.27. The van der Waals surface area contributed by atoms with Crippen molar-refractivity contribution >= 4 is 11.8 Å². The summed E-state index contributed by atoms with van der Waals surface area (Å²) in [5, 5.41) is 10.7. The zero-order chi connectivity index (χ0) is 10.6. The zero-order valence-electron chi connectivity index (χ0n) is 7.93. The molecule has 74 valence electrons. The predicted octanol–water partition coefficient (Wildman–Crippen LogP) is 1.88. The second-order valence-electron chi connectivity index (χ2n) is 2.96. The van der Waals surface area contributed by atoms with Gasteiger partial charge in [0.2, 0.25) is 0 Å². The van der Waals surface area contributed by atoms with Crippen LogP contribution in [0.1, 0.15) is 11.1 Å². The molecule has 0 unspecified atom stereocenters. The molecule has 0 radical (unpaired) electrons. The largest absolute Gasteiger partial charge is 0.327 e. The van der Waals surface area contributed by atoms with Crippen molar-refractivity contribution in [1.29, 1.82) is 0 Å². The Labute approximate surface area is 82.2 Å². The first-order valence-electron chi connectivity index (χ1n) is 4.27. The van der Waals surface area contributed by atoms with Gasteiger partial charge in [-0.05, 0) is 18.6 Å². The van der Waals surface area contributed by atoms with Crippen molar-refractivity contribution in [3.8, 4) is 0 Å². The molecule has 0 spiro atoms. The molecule has 1 aromatic rings. The van der Waals surface area contributed by atoms with E-state index in [1.165, 1.54) is 0 Å². The summed E-state index contributed by atoms with van der Waals surface area (Å²) in [6, 6.07) is 5.11. The van der Waals surface area contributed by atoms with E-state index >= 15 is 0 Å². The van der Waals surface area contributed by atoms with Gasteiger partial charge in [0.25, 0.3) is 5.69 Å². The van der Waals surface area contributed by atoms with Crippen LogP contribution in [0.2, 0.25) is 0 Å². The molecule has 0 bridgehead atoms. The number of nitrogens with zero attached hydrogens (tertiary/aromatic N) is 1. The summed E-state index contributed by atoms with van der Waals surface area (Å²) >= 11 is 0. The first-order chi connectivity index (χ1) is 6.65. The van der Waals surface area contributed by atoms with Crippen LogP contribution in [0.5, 0.6) is 0 Å². The van der Waals surface area contributed by atoms with Crippen molar-refractivity contribution in [2.45, 2.75) is 6.92 Å². The number of nitrogens with two attached hydrogens (primary N) is 1. The summed E-state index contributed by atoms with van der Waals surface area (Å²) in [4.78, 5) is 10.3. The molecule has 4 heteroatoms. The lowest BCUT2D eigenvalue weighted by Crippen LogP contribution is -1.94. The maximum absolute atomic E-state index is 10.7. The van der Waals surface area contributed by atoms with Gasteiger partial charge in [0.1, 0.15) is 0 Å².